The molecule has 0 radical (unpaired) electrons. The lowest BCUT2D eigenvalue weighted by Crippen LogP contribution is -2.72. The van der Waals surface area contributed by atoms with Crippen molar-refractivity contribution in [3.8, 4) is 5.75 Å². The number of aryl methyl sites for hydroxylation is 1. The lowest BCUT2D eigenvalue weighted by molar-refractivity contribution is -0.144. The SMILES string of the molecule is N[C@@H](Cc1ccc(O[C@@H]2NC(=O)[C@H]2NC(=O)[C@H](CC2CCCCC2)NC(=O)CCc2ccccc2)cc1)C(=O)O. The smallest absolute Gasteiger partial charge is 0.320 e. The van der Waals surface area contributed by atoms with Crippen LogP contribution < -0.4 is 26.4 Å². The van der Waals surface area contributed by atoms with Gasteiger partial charge in [-0.05, 0) is 48.4 Å². The van der Waals surface area contributed by atoms with Crippen LogP contribution in [0.25, 0.3) is 0 Å². The number of nitrogens with two attached hydrogens (primary N) is 1. The molecule has 1 aliphatic heterocycles. The second-order valence-electron chi connectivity index (χ2n) is 10.7. The van der Waals surface area contributed by atoms with Crippen molar-refractivity contribution in [2.24, 2.45) is 11.7 Å². The van der Waals surface area contributed by atoms with E-state index in [-0.39, 0.29) is 24.7 Å². The Hall–Kier alpha value is -3.92. The maximum Gasteiger partial charge on any atom is 0.320 e. The zero-order chi connectivity index (χ0) is 28.5. The number of carbonyl (C=O) groups is 4. The number of β-lactam (4-membered cyclic amide) rings is 1. The third-order valence-corrected chi connectivity index (χ3v) is 7.56. The third kappa shape index (κ3) is 8.29. The number of ether oxygens (including phenoxy) is 1. The number of carbonyl (C=O) groups excluding carboxylic acids is 3. The maximum atomic E-state index is 13.4. The second-order valence-corrected chi connectivity index (χ2v) is 10.7. The van der Waals surface area contributed by atoms with Gasteiger partial charge in [0, 0.05) is 6.42 Å². The van der Waals surface area contributed by atoms with Gasteiger partial charge >= 0.3 is 5.97 Å². The Labute approximate surface area is 234 Å². The first-order chi connectivity index (χ1) is 19.3. The first-order valence-corrected chi connectivity index (χ1v) is 14.0. The van der Waals surface area contributed by atoms with Crippen LogP contribution in [0.4, 0.5) is 0 Å². The summed E-state index contributed by atoms with van der Waals surface area (Å²) in [6.45, 7) is 0. The van der Waals surface area contributed by atoms with Crippen LogP contribution in [-0.4, -0.2) is 53.2 Å². The van der Waals surface area contributed by atoms with E-state index in [1.807, 2.05) is 30.3 Å². The first-order valence-electron chi connectivity index (χ1n) is 14.0. The maximum absolute atomic E-state index is 13.4. The van der Waals surface area contributed by atoms with Crippen LogP contribution in [0.15, 0.2) is 54.6 Å². The van der Waals surface area contributed by atoms with E-state index in [2.05, 4.69) is 16.0 Å². The lowest BCUT2D eigenvalue weighted by Gasteiger charge is -2.37. The molecule has 1 saturated heterocycles. The molecule has 0 aromatic heterocycles. The molecular formula is C30H38N4O6. The molecule has 0 unspecified atom stereocenters. The van der Waals surface area contributed by atoms with Crippen molar-refractivity contribution in [1.29, 1.82) is 0 Å². The number of carboxylic acids is 1. The summed E-state index contributed by atoms with van der Waals surface area (Å²) in [5.41, 5.74) is 7.38. The summed E-state index contributed by atoms with van der Waals surface area (Å²) < 4.78 is 5.86. The van der Waals surface area contributed by atoms with E-state index in [4.69, 9.17) is 15.6 Å². The zero-order valence-corrected chi connectivity index (χ0v) is 22.5. The van der Waals surface area contributed by atoms with Gasteiger partial charge in [0.15, 0.2) is 6.04 Å². The summed E-state index contributed by atoms with van der Waals surface area (Å²) in [4.78, 5) is 49.5. The van der Waals surface area contributed by atoms with Gasteiger partial charge in [-0.3, -0.25) is 19.2 Å². The van der Waals surface area contributed by atoms with Crippen LogP contribution in [0.3, 0.4) is 0 Å². The molecule has 1 aliphatic carbocycles. The monoisotopic (exact) mass is 550 g/mol. The second kappa shape index (κ2) is 13.9. The molecule has 4 atom stereocenters. The largest absolute Gasteiger partial charge is 0.480 e. The highest BCUT2D eigenvalue weighted by Crippen LogP contribution is 2.28. The van der Waals surface area contributed by atoms with E-state index in [9.17, 15) is 19.2 Å². The van der Waals surface area contributed by atoms with Crippen molar-refractivity contribution in [2.75, 3.05) is 0 Å². The van der Waals surface area contributed by atoms with Gasteiger partial charge in [0.1, 0.15) is 17.8 Å². The number of carboxylic acid groups (broad SMARTS) is 1. The van der Waals surface area contributed by atoms with Crippen molar-refractivity contribution in [2.45, 2.75) is 82.1 Å². The molecule has 0 bridgehead atoms. The number of hydrogen-bond acceptors (Lipinski definition) is 6. The Kier molecular flexibility index (Phi) is 10.1. The lowest BCUT2D eigenvalue weighted by atomic mass is 9.84. The van der Waals surface area contributed by atoms with E-state index in [0.29, 0.717) is 24.5 Å². The molecule has 4 rings (SSSR count). The molecule has 2 fully saturated rings. The summed E-state index contributed by atoms with van der Waals surface area (Å²) in [5.74, 6) is -1.25. The van der Waals surface area contributed by atoms with E-state index < -0.39 is 36.2 Å². The average molecular weight is 551 g/mol. The molecule has 2 aromatic carbocycles. The molecule has 10 heteroatoms. The minimum atomic E-state index is -1.08. The molecule has 10 nitrogen and oxygen atoms in total. The number of amides is 3. The fraction of sp³-hybridized carbons (Fsp3) is 0.467. The van der Waals surface area contributed by atoms with Crippen molar-refractivity contribution in [1.82, 2.24) is 16.0 Å². The van der Waals surface area contributed by atoms with Crippen LogP contribution in [0.2, 0.25) is 0 Å². The van der Waals surface area contributed by atoms with E-state index in [1.165, 1.54) is 6.42 Å². The third-order valence-electron chi connectivity index (χ3n) is 7.56. The van der Waals surface area contributed by atoms with Crippen molar-refractivity contribution < 1.29 is 29.0 Å². The molecule has 1 saturated carbocycles. The predicted molar refractivity (Wildman–Crippen MR) is 148 cm³/mol. The van der Waals surface area contributed by atoms with Crippen LogP contribution >= 0.6 is 0 Å². The van der Waals surface area contributed by atoms with Gasteiger partial charge in [-0.1, -0.05) is 74.6 Å². The summed E-state index contributed by atoms with van der Waals surface area (Å²) in [7, 11) is 0. The molecule has 214 valence electrons. The fourth-order valence-corrected chi connectivity index (χ4v) is 5.20. The number of nitrogens with one attached hydrogen (secondary N) is 3. The predicted octanol–water partition coefficient (Wildman–Crippen LogP) is 2.05. The molecule has 2 aliphatic rings. The molecule has 1 heterocycles. The Morgan fingerprint density at radius 2 is 1.70 bits per heavy atom. The Balaban J connectivity index is 1.34. The normalized spacial score (nSPS) is 20.4. The van der Waals surface area contributed by atoms with E-state index >= 15 is 0 Å². The highest BCUT2D eigenvalue weighted by molar-refractivity contribution is 5.95. The Bertz CT molecular complexity index is 1170. The fourth-order valence-electron chi connectivity index (χ4n) is 5.20. The van der Waals surface area contributed by atoms with E-state index in [0.717, 1.165) is 36.8 Å². The van der Waals surface area contributed by atoms with Crippen LogP contribution in [0.5, 0.6) is 5.75 Å². The summed E-state index contributed by atoms with van der Waals surface area (Å²) in [5, 5.41) is 17.3. The quantitative estimate of drug-likeness (QED) is 0.239. The van der Waals surface area contributed by atoms with Gasteiger partial charge in [0.05, 0.1) is 0 Å². The standard InChI is InChI=1S/C30H38N4O6/c31-23(30(38)39)17-21-11-14-22(15-12-21)40-29-26(28(37)34-29)33-27(36)24(18-20-9-5-2-6-10-20)32-25(35)16-13-19-7-3-1-4-8-19/h1,3-4,7-8,11-12,14-15,20,23-24,26,29H,2,5-6,9-10,13,16-18,31H2,(H,32,35)(H,33,36)(H,34,37)(H,38,39)/t23-,24-,26+,29-/m0/s1. The van der Waals surface area contributed by atoms with Gasteiger partial charge < -0.3 is 31.5 Å². The number of benzene rings is 2. The first kappa shape index (κ1) is 29.1. The van der Waals surface area contributed by atoms with Crippen LogP contribution in [0, 0.1) is 5.92 Å². The molecule has 0 spiro atoms. The molecule has 3 amide bonds. The molecular weight excluding hydrogens is 512 g/mol. The van der Waals surface area contributed by atoms with Crippen molar-refractivity contribution >= 4 is 23.7 Å². The number of hydrogen-bond donors (Lipinski definition) is 5. The molecule has 6 N–H and O–H groups in total. The highest BCUT2D eigenvalue weighted by Gasteiger charge is 2.43. The molecule has 40 heavy (non-hydrogen) atoms. The minimum absolute atomic E-state index is 0.175. The highest BCUT2D eigenvalue weighted by atomic mass is 16.5. The van der Waals surface area contributed by atoms with Crippen LogP contribution in [0.1, 0.15) is 56.1 Å². The number of rotatable bonds is 13. The van der Waals surface area contributed by atoms with Crippen LogP contribution in [-0.2, 0) is 32.0 Å². The average Bonchev–Trinajstić information content (AvgIpc) is 2.96. The topological polar surface area (TPSA) is 160 Å². The summed E-state index contributed by atoms with van der Waals surface area (Å²) >= 11 is 0. The van der Waals surface area contributed by atoms with E-state index in [1.54, 1.807) is 24.3 Å². The Morgan fingerprint density at radius 3 is 2.35 bits per heavy atom. The summed E-state index contributed by atoms with van der Waals surface area (Å²) in [6.07, 6.45) is 6.23. The zero-order valence-electron chi connectivity index (χ0n) is 22.5. The van der Waals surface area contributed by atoms with Gasteiger partial charge in [-0.2, -0.15) is 0 Å². The van der Waals surface area contributed by atoms with Crippen molar-refractivity contribution in [3.63, 3.8) is 0 Å². The van der Waals surface area contributed by atoms with Gasteiger partial charge in [0.2, 0.25) is 18.0 Å². The van der Waals surface area contributed by atoms with Gasteiger partial charge in [-0.25, -0.2) is 0 Å². The van der Waals surface area contributed by atoms with Crippen molar-refractivity contribution in [3.05, 3.63) is 65.7 Å². The number of aliphatic carboxylic acids is 1. The Morgan fingerprint density at radius 1 is 1.00 bits per heavy atom. The molecule has 2 aromatic rings. The van der Waals surface area contributed by atoms with Gasteiger partial charge in [-0.15, -0.1) is 0 Å². The minimum Gasteiger partial charge on any atom is -0.480 e. The summed E-state index contributed by atoms with van der Waals surface area (Å²) in [6, 6.07) is 13.8. The van der Waals surface area contributed by atoms with Gasteiger partial charge in [0.25, 0.3) is 5.91 Å².